The largest absolute Gasteiger partial charge is 0.476 e. The summed E-state index contributed by atoms with van der Waals surface area (Å²) in [6.07, 6.45) is 4.11. The van der Waals surface area contributed by atoms with Gasteiger partial charge in [-0.15, -0.1) is 0 Å². The minimum Gasteiger partial charge on any atom is -0.476 e. The van der Waals surface area contributed by atoms with E-state index in [1.807, 2.05) is 0 Å². The van der Waals surface area contributed by atoms with Gasteiger partial charge in [0.2, 0.25) is 0 Å². The van der Waals surface area contributed by atoms with Crippen molar-refractivity contribution < 1.29 is 9.90 Å². The molecular weight excluding hydrogens is 254 g/mol. The van der Waals surface area contributed by atoms with E-state index in [-0.39, 0.29) is 5.69 Å². The van der Waals surface area contributed by atoms with Gasteiger partial charge in [-0.05, 0) is 25.0 Å². The second-order valence-electron chi connectivity index (χ2n) is 4.44. The Balaban J connectivity index is 2.04. The van der Waals surface area contributed by atoms with E-state index < -0.39 is 5.97 Å². The van der Waals surface area contributed by atoms with Gasteiger partial charge in [0.05, 0.1) is 12.1 Å². The minimum absolute atomic E-state index is 0.0464. The van der Waals surface area contributed by atoms with Crippen molar-refractivity contribution in [1.82, 2.24) is 14.7 Å². The van der Waals surface area contributed by atoms with Gasteiger partial charge in [0, 0.05) is 17.3 Å². The molecule has 1 aliphatic rings. The molecular formula is C12H12ClN3O2. The van der Waals surface area contributed by atoms with Gasteiger partial charge < -0.3 is 14.8 Å². The lowest BCUT2D eigenvalue weighted by Gasteiger charge is -2.02. The molecule has 5 nitrogen and oxygen atoms in total. The zero-order valence-electron chi connectivity index (χ0n) is 9.56. The van der Waals surface area contributed by atoms with Crippen molar-refractivity contribution >= 4 is 23.1 Å². The third kappa shape index (κ3) is 2.07. The third-order valence-corrected chi connectivity index (χ3v) is 3.24. The monoisotopic (exact) mass is 265 g/mol. The lowest BCUT2D eigenvalue weighted by molar-refractivity contribution is 0.0693. The van der Waals surface area contributed by atoms with Crippen molar-refractivity contribution in [2.75, 3.05) is 0 Å². The first-order valence-corrected chi connectivity index (χ1v) is 6.16. The number of pyridine rings is 1. The van der Waals surface area contributed by atoms with Crippen LogP contribution in [0, 0.1) is 0 Å². The molecule has 0 aliphatic heterocycles. The summed E-state index contributed by atoms with van der Waals surface area (Å²) in [7, 11) is 0. The fourth-order valence-corrected chi connectivity index (χ4v) is 2.09. The molecule has 2 heterocycles. The number of aromatic nitrogens is 2. The molecule has 0 atom stereocenters. The number of carboxylic acids is 1. The fraction of sp³-hybridized carbons (Fsp3) is 0.333. The van der Waals surface area contributed by atoms with Crippen LogP contribution >= 0.6 is 11.6 Å². The molecule has 1 aliphatic carbocycles. The number of nitrogens with one attached hydrogen (secondary N) is 1. The van der Waals surface area contributed by atoms with E-state index >= 15 is 0 Å². The quantitative estimate of drug-likeness (QED) is 0.887. The molecule has 0 spiro atoms. The molecule has 0 radical (unpaired) electrons. The van der Waals surface area contributed by atoms with Gasteiger partial charge in [-0.3, -0.25) is 0 Å². The van der Waals surface area contributed by atoms with E-state index in [2.05, 4.69) is 10.3 Å². The number of carboxylic acid groups (broad SMARTS) is 1. The maximum absolute atomic E-state index is 11.2. The van der Waals surface area contributed by atoms with Crippen LogP contribution in [0.5, 0.6) is 0 Å². The number of hydrogen-bond acceptors (Lipinski definition) is 3. The minimum atomic E-state index is -1.03. The Morgan fingerprint density at radius 2 is 2.39 bits per heavy atom. The number of fused-ring (bicyclic) bond motifs is 1. The van der Waals surface area contributed by atoms with Gasteiger partial charge in [-0.25, -0.2) is 9.78 Å². The standard InChI is InChI=1S/C12H12ClN3O2/c13-7-3-4-16-9(5-7)11(12(17)18)15-10(16)6-14-8-1-2-8/h3-5,8,14H,1-2,6H2,(H,17,18). The maximum Gasteiger partial charge on any atom is 0.356 e. The van der Waals surface area contributed by atoms with E-state index in [9.17, 15) is 4.79 Å². The predicted octanol–water partition coefficient (Wildman–Crippen LogP) is 1.94. The van der Waals surface area contributed by atoms with E-state index in [0.717, 1.165) is 0 Å². The number of imidazole rings is 1. The van der Waals surface area contributed by atoms with E-state index in [1.54, 1.807) is 22.7 Å². The predicted molar refractivity (Wildman–Crippen MR) is 67.0 cm³/mol. The molecule has 1 fully saturated rings. The summed E-state index contributed by atoms with van der Waals surface area (Å²) in [6, 6.07) is 3.90. The van der Waals surface area contributed by atoms with Gasteiger partial charge >= 0.3 is 5.97 Å². The van der Waals surface area contributed by atoms with Gasteiger partial charge in [0.1, 0.15) is 5.82 Å². The average Bonchev–Trinajstić information content (AvgIpc) is 3.08. The molecule has 2 N–H and O–H groups in total. The molecule has 94 valence electrons. The van der Waals surface area contributed by atoms with Crippen molar-refractivity contribution in [3.8, 4) is 0 Å². The Morgan fingerprint density at radius 3 is 3.06 bits per heavy atom. The zero-order chi connectivity index (χ0) is 12.7. The van der Waals surface area contributed by atoms with Crippen molar-refractivity contribution in [2.24, 2.45) is 0 Å². The summed E-state index contributed by atoms with van der Waals surface area (Å²) < 4.78 is 1.77. The summed E-state index contributed by atoms with van der Waals surface area (Å²) in [5, 5.41) is 13.0. The fourth-order valence-electron chi connectivity index (χ4n) is 1.93. The smallest absolute Gasteiger partial charge is 0.356 e. The number of halogens is 1. The zero-order valence-corrected chi connectivity index (χ0v) is 10.3. The van der Waals surface area contributed by atoms with Crippen molar-refractivity contribution in [3.05, 3.63) is 34.9 Å². The SMILES string of the molecule is O=C(O)c1nc(CNC2CC2)n2ccc(Cl)cc12. The number of nitrogens with zero attached hydrogens (tertiary/aromatic N) is 2. The van der Waals surface area contributed by atoms with Gasteiger partial charge in [-0.2, -0.15) is 0 Å². The van der Waals surface area contributed by atoms with Gasteiger partial charge in [-0.1, -0.05) is 11.6 Å². The molecule has 0 unspecified atom stereocenters. The van der Waals surface area contributed by atoms with Gasteiger partial charge in [0.15, 0.2) is 5.69 Å². The Morgan fingerprint density at radius 1 is 1.61 bits per heavy atom. The highest BCUT2D eigenvalue weighted by molar-refractivity contribution is 6.31. The lowest BCUT2D eigenvalue weighted by Crippen LogP contribution is -2.17. The van der Waals surface area contributed by atoms with Crippen LogP contribution in [0.25, 0.3) is 5.52 Å². The highest BCUT2D eigenvalue weighted by Crippen LogP contribution is 2.21. The van der Waals surface area contributed by atoms with Crippen molar-refractivity contribution in [2.45, 2.75) is 25.4 Å². The summed E-state index contributed by atoms with van der Waals surface area (Å²) in [5.41, 5.74) is 0.577. The van der Waals surface area contributed by atoms with Crippen LogP contribution in [0.3, 0.4) is 0 Å². The highest BCUT2D eigenvalue weighted by Gasteiger charge is 2.22. The van der Waals surface area contributed by atoms with E-state index in [0.29, 0.717) is 29.0 Å². The third-order valence-electron chi connectivity index (χ3n) is 3.01. The summed E-state index contributed by atoms with van der Waals surface area (Å²) in [4.78, 5) is 15.3. The lowest BCUT2D eigenvalue weighted by atomic mass is 10.3. The van der Waals surface area contributed by atoms with E-state index in [1.165, 1.54) is 12.8 Å². The number of aromatic carboxylic acids is 1. The van der Waals surface area contributed by atoms with Crippen LogP contribution in [0.2, 0.25) is 5.02 Å². The Kier molecular flexibility index (Phi) is 2.72. The average molecular weight is 266 g/mol. The first kappa shape index (κ1) is 11.5. The molecule has 0 amide bonds. The summed E-state index contributed by atoms with van der Waals surface area (Å²) in [5.74, 6) is -0.335. The van der Waals surface area contributed by atoms with Crippen LogP contribution in [-0.2, 0) is 6.54 Å². The molecule has 2 aromatic heterocycles. The van der Waals surface area contributed by atoms with Crippen molar-refractivity contribution in [3.63, 3.8) is 0 Å². The molecule has 1 saturated carbocycles. The number of rotatable bonds is 4. The first-order valence-electron chi connectivity index (χ1n) is 5.78. The van der Waals surface area contributed by atoms with Crippen LogP contribution in [0.15, 0.2) is 18.3 Å². The van der Waals surface area contributed by atoms with Crippen LogP contribution < -0.4 is 5.32 Å². The molecule has 18 heavy (non-hydrogen) atoms. The van der Waals surface area contributed by atoms with E-state index in [4.69, 9.17) is 16.7 Å². The van der Waals surface area contributed by atoms with Gasteiger partial charge in [0.25, 0.3) is 0 Å². The molecule has 6 heteroatoms. The second kappa shape index (κ2) is 4.26. The normalized spacial score (nSPS) is 15.2. The number of carbonyl (C=O) groups is 1. The number of hydrogen-bond donors (Lipinski definition) is 2. The topological polar surface area (TPSA) is 66.6 Å². The maximum atomic E-state index is 11.2. The molecule has 0 aromatic carbocycles. The summed E-state index contributed by atoms with van der Waals surface area (Å²) >= 11 is 5.89. The van der Waals surface area contributed by atoms with Crippen LogP contribution in [0.4, 0.5) is 0 Å². The first-order chi connectivity index (χ1) is 8.65. The summed E-state index contributed by atoms with van der Waals surface area (Å²) in [6.45, 7) is 0.570. The molecule has 2 aromatic rings. The van der Waals surface area contributed by atoms with Crippen molar-refractivity contribution in [1.29, 1.82) is 0 Å². The Labute approximate surface area is 108 Å². The second-order valence-corrected chi connectivity index (χ2v) is 4.87. The Bertz CT molecular complexity index is 619. The molecule has 0 bridgehead atoms. The Hall–Kier alpha value is -1.59. The van der Waals surface area contributed by atoms with Crippen LogP contribution in [-0.4, -0.2) is 26.5 Å². The van der Waals surface area contributed by atoms with Crippen LogP contribution in [0.1, 0.15) is 29.2 Å². The highest BCUT2D eigenvalue weighted by atomic mass is 35.5. The molecule has 0 saturated heterocycles. The molecule has 3 rings (SSSR count).